The highest BCUT2D eigenvalue weighted by Gasteiger charge is 2.40. The van der Waals surface area contributed by atoms with Crippen molar-refractivity contribution in [3.8, 4) is 39.5 Å². The lowest BCUT2D eigenvalue weighted by Crippen LogP contribution is -2.51. The quantitative estimate of drug-likeness (QED) is 0.0971. The summed E-state index contributed by atoms with van der Waals surface area (Å²) < 4.78 is 35.5. The van der Waals surface area contributed by atoms with Crippen molar-refractivity contribution in [3.63, 3.8) is 0 Å². The molecule has 70 heavy (non-hydrogen) atoms. The van der Waals surface area contributed by atoms with Gasteiger partial charge in [0.1, 0.15) is 35.3 Å². The van der Waals surface area contributed by atoms with Gasteiger partial charge < -0.3 is 49.2 Å². The molecule has 1 unspecified atom stereocenters. The van der Waals surface area contributed by atoms with E-state index >= 15 is 4.39 Å². The fraction of sp³-hybridized carbons (Fsp3) is 0.365. The summed E-state index contributed by atoms with van der Waals surface area (Å²) in [4.78, 5) is 76.4. The summed E-state index contributed by atoms with van der Waals surface area (Å²) in [5.41, 5.74) is 6.02. The van der Waals surface area contributed by atoms with E-state index in [0.717, 1.165) is 51.5 Å². The Hall–Kier alpha value is -7.76. The maximum absolute atomic E-state index is 17.0. The van der Waals surface area contributed by atoms with Crippen LogP contribution in [0.5, 0.6) is 5.75 Å². The van der Waals surface area contributed by atoms with Crippen molar-refractivity contribution in [1.82, 2.24) is 49.9 Å². The summed E-state index contributed by atoms with van der Waals surface area (Å²) in [6.07, 6.45) is 6.03. The Labute approximate surface area is 403 Å². The van der Waals surface area contributed by atoms with Gasteiger partial charge >= 0.3 is 12.2 Å². The predicted octanol–water partition coefficient (Wildman–Crippen LogP) is 8.80. The lowest BCUT2D eigenvalue weighted by atomic mass is 10.0. The number of carbonyl (C=O) groups excluding carboxylic acids is 4. The van der Waals surface area contributed by atoms with Crippen molar-refractivity contribution in [2.24, 2.45) is 11.8 Å². The number of aromatic nitrogens is 6. The van der Waals surface area contributed by atoms with Gasteiger partial charge in [0, 0.05) is 46.7 Å². The molecule has 2 saturated heterocycles. The average molecular weight is 951 g/mol. The third-order valence-corrected chi connectivity index (χ3v) is 13.8. The molecule has 3 aliphatic heterocycles. The number of aromatic amines is 2. The number of likely N-dealkylation sites (tertiary alicyclic amines) is 2. The van der Waals surface area contributed by atoms with Crippen LogP contribution in [0.4, 0.5) is 14.0 Å². The highest BCUT2D eigenvalue weighted by atomic mass is 19.1. The molecule has 17 nitrogen and oxygen atoms in total. The number of benzene rings is 3. The number of nitrogens with one attached hydrogen (secondary N) is 4. The molecule has 18 heteroatoms. The van der Waals surface area contributed by atoms with Gasteiger partial charge in [0.25, 0.3) is 0 Å². The monoisotopic (exact) mass is 950 g/mol. The van der Waals surface area contributed by atoms with Crippen molar-refractivity contribution in [2.75, 3.05) is 27.3 Å². The van der Waals surface area contributed by atoms with Gasteiger partial charge in [0.05, 0.1) is 72.4 Å². The number of alkyl carbamates (subject to hydrolysis) is 2. The zero-order valence-electron chi connectivity index (χ0n) is 39.8. The number of rotatable bonds is 11. The molecular formula is C52H55FN10O7. The maximum Gasteiger partial charge on any atom is 0.407 e. The van der Waals surface area contributed by atoms with Crippen LogP contribution in [0.25, 0.3) is 55.6 Å². The first-order chi connectivity index (χ1) is 33.8. The maximum atomic E-state index is 17.0. The lowest BCUT2D eigenvalue weighted by Gasteiger charge is -2.31. The number of hydrogen-bond acceptors (Lipinski definition) is 10. The van der Waals surface area contributed by atoms with Gasteiger partial charge in [-0.15, -0.1) is 0 Å². The van der Waals surface area contributed by atoms with Gasteiger partial charge in [0.15, 0.2) is 0 Å². The van der Waals surface area contributed by atoms with E-state index in [-0.39, 0.29) is 35.7 Å². The Morgan fingerprint density at radius 3 is 1.94 bits per heavy atom. The number of carbonyl (C=O) groups is 4. The van der Waals surface area contributed by atoms with Crippen LogP contribution in [0.15, 0.2) is 85.3 Å². The molecule has 0 aliphatic carbocycles. The van der Waals surface area contributed by atoms with E-state index in [2.05, 4.69) is 25.6 Å². The van der Waals surface area contributed by atoms with Crippen molar-refractivity contribution in [3.05, 3.63) is 108 Å². The summed E-state index contributed by atoms with van der Waals surface area (Å²) in [7, 11) is 2.54. The molecule has 5 atom stereocenters. The standard InChI is InChI=1S/C52H55FN10O7/c1-27(2)44(59-51(66)68-5)48(64)61-18-8-11-39(61)46-55-25-36(57-46)30-15-16-38-33(20-30)23-41-43-34(53)21-32(24-42(43)70-50(63(38)41)31-14-13-29-10-7-17-54-35(29)22-31)37-26-56-47(58-37)40-12-9-19-62(40)49(65)45(28(3)4)60-52(67)69-6/h7,10,13-17,20-28,39-40,44-45,50H,8-9,11-12,18-19H2,1-6H3,(H,55,57)(H,56,58)(H,59,66)(H,60,67)/t39-,40-,44-,45-,50?/m0/s1. The number of nitrogens with zero attached hydrogens (tertiary/aromatic N) is 6. The van der Waals surface area contributed by atoms with Crippen molar-refractivity contribution >= 4 is 45.8 Å². The van der Waals surface area contributed by atoms with Crippen LogP contribution >= 0.6 is 0 Å². The molecule has 4 amide bonds. The Balaban J connectivity index is 0.986. The van der Waals surface area contributed by atoms with Gasteiger partial charge in [0.2, 0.25) is 18.0 Å². The molecule has 7 aromatic rings. The molecule has 362 valence electrons. The molecule has 0 spiro atoms. The Kier molecular flexibility index (Phi) is 12.2. The number of halogens is 1. The van der Waals surface area contributed by atoms with Crippen LogP contribution in [-0.2, 0) is 19.1 Å². The van der Waals surface area contributed by atoms with E-state index < -0.39 is 36.3 Å². The van der Waals surface area contributed by atoms with Gasteiger partial charge in [-0.05, 0) is 80.0 Å². The summed E-state index contributed by atoms with van der Waals surface area (Å²) in [5, 5.41) is 7.20. The molecule has 4 N–H and O–H groups in total. The lowest BCUT2D eigenvalue weighted by molar-refractivity contribution is -0.136. The molecular weight excluding hydrogens is 896 g/mol. The van der Waals surface area contributed by atoms with E-state index in [9.17, 15) is 19.2 Å². The van der Waals surface area contributed by atoms with E-state index in [4.69, 9.17) is 24.2 Å². The molecule has 3 aliphatic rings. The minimum Gasteiger partial charge on any atom is -0.465 e. The zero-order chi connectivity index (χ0) is 49.0. The minimum atomic E-state index is -0.782. The number of fused-ring (bicyclic) bond motifs is 6. The first-order valence-electron chi connectivity index (χ1n) is 23.7. The summed E-state index contributed by atoms with van der Waals surface area (Å²) in [6.45, 7) is 8.53. The number of imidazole rings is 2. The number of H-pyrrole nitrogens is 2. The normalized spacial score (nSPS) is 18.4. The van der Waals surface area contributed by atoms with Gasteiger partial charge in [-0.2, -0.15) is 0 Å². The van der Waals surface area contributed by atoms with E-state index in [1.807, 2.05) is 92.9 Å². The second-order valence-corrected chi connectivity index (χ2v) is 18.9. The van der Waals surface area contributed by atoms with Crippen LogP contribution in [0.3, 0.4) is 0 Å². The molecule has 2 fully saturated rings. The minimum absolute atomic E-state index is 0.161. The zero-order valence-corrected chi connectivity index (χ0v) is 39.8. The molecule has 0 radical (unpaired) electrons. The van der Waals surface area contributed by atoms with Gasteiger partial charge in [-0.3, -0.25) is 14.6 Å². The predicted molar refractivity (Wildman–Crippen MR) is 259 cm³/mol. The summed E-state index contributed by atoms with van der Waals surface area (Å²) in [5.74, 6) is 0.297. The van der Waals surface area contributed by atoms with Crippen LogP contribution in [0.2, 0.25) is 0 Å². The second kappa shape index (κ2) is 18.6. The number of hydrogen-bond donors (Lipinski definition) is 4. The molecule has 3 aromatic carbocycles. The average Bonchev–Trinajstić information content (AvgIpc) is 4.23. The van der Waals surface area contributed by atoms with Gasteiger partial charge in [-0.25, -0.2) is 23.9 Å². The fourth-order valence-electron chi connectivity index (χ4n) is 10.2. The molecule has 4 aromatic heterocycles. The Bertz CT molecular complexity index is 3160. The Morgan fingerprint density at radius 1 is 0.729 bits per heavy atom. The number of pyridine rings is 1. The largest absolute Gasteiger partial charge is 0.465 e. The van der Waals surface area contributed by atoms with Gasteiger partial charge in [-0.1, -0.05) is 52.0 Å². The second-order valence-electron chi connectivity index (χ2n) is 18.9. The first kappa shape index (κ1) is 46.0. The van der Waals surface area contributed by atoms with Crippen molar-refractivity contribution < 1.29 is 37.8 Å². The van der Waals surface area contributed by atoms with Crippen LogP contribution in [-0.4, -0.2) is 103 Å². The topological polar surface area (TPSA) is 202 Å². The van der Waals surface area contributed by atoms with Crippen LogP contribution in [0.1, 0.15) is 88.9 Å². The number of ether oxygens (including phenoxy) is 3. The van der Waals surface area contributed by atoms with Crippen molar-refractivity contribution in [1.29, 1.82) is 0 Å². The third kappa shape index (κ3) is 8.34. The van der Waals surface area contributed by atoms with Crippen LogP contribution in [0, 0.1) is 17.7 Å². The molecule has 0 saturated carbocycles. The summed E-state index contributed by atoms with van der Waals surface area (Å²) >= 11 is 0. The highest BCUT2D eigenvalue weighted by Crippen LogP contribution is 2.48. The highest BCUT2D eigenvalue weighted by molar-refractivity contribution is 5.93. The third-order valence-electron chi connectivity index (χ3n) is 13.8. The SMILES string of the molecule is COC(=O)N[C@H](C(=O)N1CCC[C@H]1c1ncc(-c2cc(F)c3c(c2)OC(c2ccc4cccnc4c2)n2c-3cc3cc(-c4cnc([C@@H]5CCCN5C(=O)[C@@H](NC(=O)OC)C(C)C)[nH]4)ccc32)[nH]1)C(C)C. The Morgan fingerprint density at radius 2 is 1.34 bits per heavy atom. The van der Waals surface area contributed by atoms with E-state index in [1.54, 1.807) is 28.4 Å². The van der Waals surface area contributed by atoms with E-state index in [0.29, 0.717) is 65.8 Å². The van der Waals surface area contributed by atoms with Crippen LogP contribution < -0.4 is 15.4 Å². The first-order valence-corrected chi connectivity index (χ1v) is 23.7. The molecule has 7 heterocycles. The number of methoxy groups -OCH3 is 2. The van der Waals surface area contributed by atoms with E-state index in [1.165, 1.54) is 20.3 Å². The molecule has 10 rings (SSSR count). The molecule has 0 bridgehead atoms. The van der Waals surface area contributed by atoms with Crippen molar-refractivity contribution in [2.45, 2.75) is 83.8 Å². The fourth-order valence-corrected chi connectivity index (χ4v) is 10.2. The number of amides is 4. The summed E-state index contributed by atoms with van der Waals surface area (Å²) in [6, 6.07) is 19.0. The smallest absolute Gasteiger partial charge is 0.407 e.